The number of amides is 1. The molecule has 0 aliphatic rings. The van der Waals surface area contributed by atoms with E-state index >= 15 is 0 Å². The summed E-state index contributed by atoms with van der Waals surface area (Å²) in [6.45, 7) is 1.65. The van der Waals surface area contributed by atoms with Crippen molar-refractivity contribution in [3.05, 3.63) is 22.4 Å². The average Bonchev–Trinajstić information content (AvgIpc) is 2.66. The van der Waals surface area contributed by atoms with Crippen LogP contribution in [0, 0.1) is 0 Å². The molecular formula is C8H9NO3S. The highest BCUT2D eigenvalue weighted by Gasteiger charge is 2.07. The van der Waals surface area contributed by atoms with Gasteiger partial charge in [0.25, 0.3) is 5.91 Å². The summed E-state index contributed by atoms with van der Waals surface area (Å²) in [4.78, 5) is 26.8. The largest absolute Gasteiger partial charge is 0.341 e. The number of hydrogen-bond donors (Lipinski definition) is 1. The predicted octanol–water partition coefficient (Wildman–Crippen LogP) is 1.35. The summed E-state index contributed by atoms with van der Waals surface area (Å²) in [6, 6.07) is 3.40. The van der Waals surface area contributed by atoms with E-state index in [1.807, 2.05) is 0 Å². The van der Waals surface area contributed by atoms with Gasteiger partial charge in [-0.05, 0) is 11.4 Å². The molecule has 0 saturated heterocycles. The molecule has 13 heavy (non-hydrogen) atoms. The summed E-state index contributed by atoms with van der Waals surface area (Å²) >= 11 is 1.29. The first kappa shape index (κ1) is 9.73. The Morgan fingerprint density at radius 1 is 1.62 bits per heavy atom. The molecule has 4 nitrogen and oxygen atoms in total. The highest BCUT2D eigenvalue weighted by molar-refractivity contribution is 7.12. The van der Waals surface area contributed by atoms with Gasteiger partial charge in [0.05, 0.1) is 4.88 Å². The molecule has 70 valence electrons. The lowest BCUT2D eigenvalue weighted by molar-refractivity contribution is -0.148. The third kappa shape index (κ3) is 2.87. The van der Waals surface area contributed by atoms with Gasteiger partial charge in [0.15, 0.2) is 0 Å². The van der Waals surface area contributed by atoms with E-state index in [0.29, 0.717) is 4.88 Å². The van der Waals surface area contributed by atoms with E-state index < -0.39 is 11.9 Å². The second-order valence-electron chi connectivity index (χ2n) is 2.24. The van der Waals surface area contributed by atoms with Gasteiger partial charge in [-0.1, -0.05) is 13.0 Å². The normalized spacial score (nSPS) is 9.31. The van der Waals surface area contributed by atoms with Gasteiger partial charge < -0.3 is 4.84 Å². The zero-order valence-electron chi connectivity index (χ0n) is 7.07. The third-order valence-electron chi connectivity index (χ3n) is 1.29. The summed E-state index contributed by atoms with van der Waals surface area (Å²) < 4.78 is 0. The molecule has 0 aliphatic carbocycles. The zero-order chi connectivity index (χ0) is 9.68. The molecule has 0 bridgehead atoms. The maximum absolute atomic E-state index is 11.1. The highest BCUT2D eigenvalue weighted by Crippen LogP contribution is 2.07. The first-order valence-electron chi connectivity index (χ1n) is 3.77. The van der Waals surface area contributed by atoms with Crippen LogP contribution in [0.5, 0.6) is 0 Å². The molecular weight excluding hydrogens is 190 g/mol. The van der Waals surface area contributed by atoms with Crippen LogP contribution in [0.3, 0.4) is 0 Å². The standard InChI is InChI=1S/C8H9NO3S/c1-2-7(10)12-9-8(11)6-4-3-5-13-6/h3-5H,2H2,1H3,(H,9,11). The molecule has 5 heteroatoms. The fraction of sp³-hybridized carbons (Fsp3) is 0.250. The molecule has 0 aromatic carbocycles. The van der Waals surface area contributed by atoms with Crippen LogP contribution in [-0.4, -0.2) is 11.9 Å². The van der Waals surface area contributed by atoms with Crippen molar-refractivity contribution in [2.75, 3.05) is 0 Å². The monoisotopic (exact) mass is 199 g/mol. The summed E-state index contributed by atoms with van der Waals surface area (Å²) in [5, 5.41) is 1.77. The summed E-state index contributed by atoms with van der Waals surface area (Å²) in [5.41, 5.74) is 2.06. The van der Waals surface area contributed by atoms with E-state index in [1.54, 1.807) is 24.4 Å². The van der Waals surface area contributed by atoms with Crippen molar-refractivity contribution >= 4 is 23.2 Å². The van der Waals surface area contributed by atoms with Crippen molar-refractivity contribution in [3.8, 4) is 0 Å². The number of nitrogens with one attached hydrogen (secondary N) is 1. The van der Waals surface area contributed by atoms with E-state index in [2.05, 4.69) is 10.3 Å². The van der Waals surface area contributed by atoms with Gasteiger partial charge >= 0.3 is 5.97 Å². The molecule has 0 spiro atoms. The maximum atomic E-state index is 11.1. The second-order valence-corrected chi connectivity index (χ2v) is 3.18. The molecule has 0 radical (unpaired) electrons. The lowest BCUT2D eigenvalue weighted by Crippen LogP contribution is -2.25. The average molecular weight is 199 g/mol. The van der Waals surface area contributed by atoms with E-state index in [4.69, 9.17) is 0 Å². The fourth-order valence-electron chi connectivity index (χ4n) is 0.633. The highest BCUT2D eigenvalue weighted by atomic mass is 32.1. The third-order valence-corrected chi connectivity index (χ3v) is 2.16. The summed E-state index contributed by atoms with van der Waals surface area (Å²) in [5.74, 6) is -0.846. The SMILES string of the molecule is CCC(=O)ONC(=O)c1cccs1. The first-order chi connectivity index (χ1) is 6.24. The first-order valence-corrected chi connectivity index (χ1v) is 4.65. The Bertz CT molecular complexity index is 294. The molecule has 1 heterocycles. The van der Waals surface area contributed by atoms with Crippen molar-refractivity contribution in [1.82, 2.24) is 5.48 Å². The molecule has 0 saturated carbocycles. The number of hydroxylamine groups is 1. The van der Waals surface area contributed by atoms with Gasteiger partial charge in [0, 0.05) is 6.42 Å². The van der Waals surface area contributed by atoms with Crippen LogP contribution < -0.4 is 5.48 Å². The predicted molar refractivity (Wildman–Crippen MR) is 48.2 cm³/mol. The Hall–Kier alpha value is -1.36. The molecule has 1 aromatic rings. The Labute approximate surface area is 79.5 Å². The van der Waals surface area contributed by atoms with E-state index in [0.717, 1.165) is 0 Å². The topological polar surface area (TPSA) is 55.4 Å². The summed E-state index contributed by atoms with van der Waals surface area (Å²) in [7, 11) is 0. The maximum Gasteiger partial charge on any atom is 0.331 e. The van der Waals surface area contributed by atoms with E-state index in [1.165, 1.54) is 11.3 Å². The van der Waals surface area contributed by atoms with E-state index in [9.17, 15) is 9.59 Å². The second kappa shape index (κ2) is 4.61. The number of hydrogen-bond acceptors (Lipinski definition) is 4. The number of carbonyl (C=O) groups excluding carboxylic acids is 2. The minimum atomic E-state index is -0.454. The van der Waals surface area contributed by atoms with Crippen LogP contribution in [0.4, 0.5) is 0 Å². The Kier molecular flexibility index (Phi) is 3.45. The van der Waals surface area contributed by atoms with Crippen LogP contribution in [-0.2, 0) is 9.63 Å². The van der Waals surface area contributed by atoms with Gasteiger partial charge in [-0.3, -0.25) is 4.79 Å². The quantitative estimate of drug-likeness (QED) is 0.731. The lowest BCUT2D eigenvalue weighted by atomic mass is 10.5. The number of rotatable bonds is 2. The zero-order valence-corrected chi connectivity index (χ0v) is 7.89. The fourth-order valence-corrected chi connectivity index (χ4v) is 1.24. The van der Waals surface area contributed by atoms with Crippen LogP contribution in [0.1, 0.15) is 23.0 Å². The minimum absolute atomic E-state index is 0.241. The van der Waals surface area contributed by atoms with Crippen LogP contribution in [0.15, 0.2) is 17.5 Å². The molecule has 0 atom stereocenters. The smallest absolute Gasteiger partial charge is 0.331 e. The van der Waals surface area contributed by atoms with Crippen molar-refractivity contribution < 1.29 is 14.4 Å². The molecule has 0 unspecified atom stereocenters. The van der Waals surface area contributed by atoms with Gasteiger partial charge in [0.1, 0.15) is 0 Å². The molecule has 1 N–H and O–H groups in total. The molecule has 0 aliphatic heterocycles. The molecule has 0 fully saturated rings. The Morgan fingerprint density at radius 2 is 2.38 bits per heavy atom. The van der Waals surface area contributed by atoms with Crippen LogP contribution >= 0.6 is 11.3 Å². The molecule has 1 rings (SSSR count). The van der Waals surface area contributed by atoms with Crippen LogP contribution in [0.25, 0.3) is 0 Å². The van der Waals surface area contributed by atoms with Gasteiger partial charge in [-0.25, -0.2) is 4.79 Å². The van der Waals surface area contributed by atoms with Crippen molar-refractivity contribution in [1.29, 1.82) is 0 Å². The summed E-state index contributed by atoms with van der Waals surface area (Å²) in [6.07, 6.45) is 0.241. The number of thiophene rings is 1. The van der Waals surface area contributed by atoms with Crippen LogP contribution in [0.2, 0.25) is 0 Å². The molecule has 1 aromatic heterocycles. The minimum Gasteiger partial charge on any atom is -0.341 e. The molecule has 1 amide bonds. The van der Waals surface area contributed by atoms with Crippen molar-refractivity contribution in [2.45, 2.75) is 13.3 Å². The van der Waals surface area contributed by atoms with Gasteiger partial charge in [-0.2, -0.15) is 5.48 Å². The van der Waals surface area contributed by atoms with Gasteiger partial charge in [-0.15, -0.1) is 11.3 Å². The van der Waals surface area contributed by atoms with Crippen molar-refractivity contribution in [2.24, 2.45) is 0 Å². The van der Waals surface area contributed by atoms with E-state index in [-0.39, 0.29) is 6.42 Å². The lowest BCUT2D eigenvalue weighted by Gasteiger charge is -2.01. The van der Waals surface area contributed by atoms with Crippen molar-refractivity contribution in [3.63, 3.8) is 0 Å². The van der Waals surface area contributed by atoms with Gasteiger partial charge in [0.2, 0.25) is 0 Å². The number of carbonyl (C=O) groups is 2. The Balaban J connectivity index is 2.39. The Morgan fingerprint density at radius 3 is 2.92 bits per heavy atom.